The van der Waals surface area contributed by atoms with E-state index in [4.69, 9.17) is 37.3 Å². The fourth-order valence-corrected chi connectivity index (χ4v) is 6.12. The predicted octanol–water partition coefficient (Wildman–Crippen LogP) is 3.41. The molecular formula is C34H41NO12S. The molecule has 0 aliphatic carbocycles. The molecule has 4 rings (SSSR count). The molecule has 1 aliphatic rings. The molecule has 3 aromatic rings. The molecule has 0 spiro atoms. The van der Waals surface area contributed by atoms with E-state index in [2.05, 4.69) is 0 Å². The molecule has 1 heterocycles. The first-order valence-electron chi connectivity index (χ1n) is 14.9. The summed E-state index contributed by atoms with van der Waals surface area (Å²) in [7, 11) is 6.71. The average Bonchev–Trinajstić information content (AvgIpc) is 3.33. The lowest BCUT2D eigenvalue weighted by Crippen LogP contribution is -2.37. The maximum atomic E-state index is 14.1. The van der Waals surface area contributed by atoms with E-state index in [1.807, 2.05) is 19.0 Å². The van der Waals surface area contributed by atoms with Crippen LogP contribution in [0.2, 0.25) is 0 Å². The van der Waals surface area contributed by atoms with Crippen molar-refractivity contribution < 1.29 is 55.7 Å². The number of cyclic esters (lactones) is 1. The van der Waals surface area contributed by atoms with Gasteiger partial charge in [0, 0.05) is 30.2 Å². The molecule has 1 atom stereocenters. The van der Waals surface area contributed by atoms with Crippen molar-refractivity contribution in [3.63, 3.8) is 0 Å². The summed E-state index contributed by atoms with van der Waals surface area (Å²) in [5.74, 6) is -1.63. The molecule has 260 valence electrons. The molecule has 0 bridgehead atoms. The summed E-state index contributed by atoms with van der Waals surface area (Å²) in [4.78, 5) is 16.1. The van der Waals surface area contributed by atoms with E-state index in [0.717, 1.165) is 0 Å². The highest BCUT2D eigenvalue weighted by Gasteiger charge is 2.53. The maximum Gasteiger partial charge on any atom is 0.342 e. The van der Waals surface area contributed by atoms with Crippen molar-refractivity contribution in [2.45, 2.75) is 12.2 Å². The molecular weight excluding hydrogens is 646 g/mol. The quantitative estimate of drug-likeness (QED) is 0.163. The topological polar surface area (TPSA) is 149 Å². The van der Waals surface area contributed by atoms with Gasteiger partial charge in [-0.1, -0.05) is 0 Å². The molecule has 0 fully saturated rings. The number of aliphatic hydroxyl groups excluding tert-OH is 1. The zero-order valence-corrected chi connectivity index (χ0v) is 28.8. The highest BCUT2D eigenvalue weighted by molar-refractivity contribution is 7.86. The highest BCUT2D eigenvalue weighted by atomic mass is 32.2. The summed E-state index contributed by atoms with van der Waals surface area (Å²) >= 11 is 0. The van der Waals surface area contributed by atoms with Crippen molar-refractivity contribution in [1.29, 1.82) is 0 Å². The van der Waals surface area contributed by atoms with Crippen LogP contribution in [0.5, 0.6) is 34.5 Å². The lowest BCUT2D eigenvalue weighted by molar-refractivity contribution is -0.174. The number of rotatable bonds is 17. The summed E-state index contributed by atoms with van der Waals surface area (Å²) in [6, 6.07) is 14.6. The molecule has 1 aliphatic heterocycles. The molecule has 0 saturated heterocycles. The van der Waals surface area contributed by atoms with Gasteiger partial charge in [-0.25, -0.2) is 8.98 Å². The predicted molar refractivity (Wildman–Crippen MR) is 176 cm³/mol. The summed E-state index contributed by atoms with van der Waals surface area (Å²) < 4.78 is 72.0. The summed E-state index contributed by atoms with van der Waals surface area (Å²) in [6.07, 6.45) is -0.0908. The SMILES string of the molecule is COc1ccc(C2(OS(=O)(=O)CCO)OC(=O)C(c3cc(OC)cc(OCCN(C)C)c3)=C2Cc2cc(OC)c(OC)c(OC)c2)cc1. The number of ether oxygens (including phenoxy) is 7. The second-order valence-corrected chi connectivity index (χ2v) is 12.6. The smallest absolute Gasteiger partial charge is 0.342 e. The molecule has 0 aromatic heterocycles. The Hall–Kier alpha value is -4.50. The molecule has 0 saturated carbocycles. The number of likely N-dealkylation sites (N-methyl/N-ethyl adjacent to an activating group) is 1. The van der Waals surface area contributed by atoms with Crippen molar-refractivity contribution in [1.82, 2.24) is 4.90 Å². The minimum absolute atomic E-state index is 0.0233. The first-order chi connectivity index (χ1) is 22.9. The van der Waals surface area contributed by atoms with Gasteiger partial charge in [0.25, 0.3) is 15.9 Å². The van der Waals surface area contributed by atoms with Gasteiger partial charge in [-0.3, -0.25) is 0 Å². The van der Waals surface area contributed by atoms with Crippen molar-refractivity contribution in [3.8, 4) is 34.5 Å². The largest absolute Gasteiger partial charge is 0.497 e. The maximum absolute atomic E-state index is 14.1. The van der Waals surface area contributed by atoms with E-state index in [0.29, 0.717) is 58.8 Å². The van der Waals surface area contributed by atoms with E-state index >= 15 is 0 Å². The third-order valence-corrected chi connectivity index (χ3v) is 8.68. The van der Waals surface area contributed by atoms with E-state index in [-0.39, 0.29) is 23.1 Å². The van der Waals surface area contributed by atoms with Gasteiger partial charge in [-0.15, -0.1) is 0 Å². The Kier molecular flexibility index (Phi) is 11.8. The standard InChI is InChI=1S/C34H41NO12S/c1-35(2)12-14-45-27-20-23(19-26(21-27)41-4)31-28(16-22-17-29(42-5)32(44-7)30(18-22)43-6)34(46-33(31)37,47-48(38,39)15-13-36)24-8-10-25(40-3)11-9-24/h8-11,17-21,36H,12-16H2,1-7H3. The van der Waals surface area contributed by atoms with E-state index in [1.165, 1.54) is 35.5 Å². The third kappa shape index (κ3) is 7.96. The van der Waals surface area contributed by atoms with Gasteiger partial charge in [0.1, 0.15) is 23.9 Å². The van der Waals surface area contributed by atoms with Crippen LogP contribution in [0.4, 0.5) is 0 Å². The first kappa shape index (κ1) is 36.3. The van der Waals surface area contributed by atoms with E-state index in [1.54, 1.807) is 54.6 Å². The monoisotopic (exact) mass is 687 g/mol. The molecule has 3 aromatic carbocycles. The Bertz CT molecular complexity index is 1710. The average molecular weight is 688 g/mol. The minimum atomic E-state index is -4.49. The summed E-state index contributed by atoms with van der Waals surface area (Å²) in [5.41, 5.74) is 1.22. The van der Waals surface area contributed by atoms with Crippen LogP contribution in [0.25, 0.3) is 5.57 Å². The Balaban J connectivity index is 2.05. The first-order valence-corrected chi connectivity index (χ1v) is 16.4. The van der Waals surface area contributed by atoms with Gasteiger partial charge in [-0.05, 0) is 73.8 Å². The van der Waals surface area contributed by atoms with Crippen LogP contribution in [-0.4, -0.2) is 99.5 Å². The summed E-state index contributed by atoms with van der Waals surface area (Å²) in [5, 5.41) is 9.57. The Morgan fingerprint density at radius 2 is 1.44 bits per heavy atom. The normalized spacial score (nSPS) is 16.1. The van der Waals surface area contributed by atoms with Crippen LogP contribution in [0.1, 0.15) is 16.7 Å². The molecule has 48 heavy (non-hydrogen) atoms. The Morgan fingerprint density at radius 3 is 1.98 bits per heavy atom. The lowest BCUT2D eigenvalue weighted by Gasteiger charge is -2.31. The van der Waals surface area contributed by atoms with Crippen molar-refractivity contribution in [2.24, 2.45) is 0 Å². The zero-order valence-electron chi connectivity index (χ0n) is 28.0. The Labute approximate surface area is 280 Å². The van der Waals surface area contributed by atoms with E-state index < -0.39 is 34.2 Å². The van der Waals surface area contributed by atoms with E-state index in [9.17, 15) is 18.3 Å². The van der Waals surface area contributed by atoms with Crippen LogP contribution >= 0.6 is 0 Å². The fourth-order valence-electron chi connectivity index (χ4n) is 5.22. The number of methoxy groups -OCH3 is 5. The van der Waals surface area contributed by atoms with Crippen molar-refractivity contribution >= 4 is 21.7 Å². The number of carbonyl (C=O) groups excluding carboxylic acids is 1. The molecule has 1 unspecified atom stereocenters. The zero-order chi connectivity index (χ0) is 35.1. The van der Waals surface area contributed by atoms with Crippen LogP contribution in [0.15, 0.2) is 60.2 Å². The van der Waals surface area contributed by atoms with Gasteiger partial charge >= 0.3 is 5.97 Å². The number of nitrogens with zero attached hydrogens (tertiary/aromatic N) is 1. The summed E-state index contributed by atoms with van der Waals surface area (Å²) in [6.45, 7) is 0.248. The van der Waals surface area contributed by atoms with Crippen LogP contribution in [0, 0.1) is 0 Å². The fraction of sp³-hybridized carbons (Fsp3) is 0.382. The van der Waals surface area contributed by atoms with Crippen molar-refractivity contribution in [2.75, 3.05) is 75.2 Å². The highest BCUT2D eigenvalue weighted by Crippen LogP contribution is 2.50. The second-order valence-electron chi connectivity index (χ2n) is 10.9. The molecule has 0 amide bonds. The number of benzene rings is 3. The van der Waals surface area contributed by atoms with Gasteiger partial charge in [0.2, 0.25) is 5.75 Å². The van der Waals surface area contributed by atoms with Gasteiger partial charge < -0.3 is 43.2 Å². The van der Waals surface area contributed by atoms with Crippen LogP contribution in [0.3, 0.4) is 0 Å². The second kappa shape index (κ2) is 15.6. The lowest BCUT2D eigenvalue weighted by atomic mass is 9.87. The van der Waals surface area contributed by atoms with Gasteiger partial charge in [0.15, 0.2) is 11.5 Å². The molecule has 14 heteroatoms. The van der Waals surface area contributed by atoms with Crippen LogP contribution < -0.4 is 28.4 Å². The number of carbonyl (C=O) groups is 1. The number of esters is 1. The minimum Gasteiger partial charge on any atom is -0.497 e. The molecule has 13 nitrogen and oxygen atoms in total. The molecule has 0 radical (unpaired) electrons. The van der Waals surface area contributed by atoms with Crippen LogP contribution in [-0.2, 0) is 36.0 Å². The Morgan fingerprint density at radius 1 is 0.812 bits per heavy atom. The molecule has 1 N–H and O–H groups in total. The number of hydrogen-bond donors (Lipinski definition) is 1. The third-order valence-electron chi connectivity index (χ3n) is 7.51. The van der Waals surface area contributed by atoms with Gasteiger partial charge in [-0.2, -0.15) is 8.42 Å². The van der Waals surface area contributed by atoms with Gasteiger partial charge in [0.05, 0.1) is 53.5 Å². The number of hydrogen-bond acceptors (Lipinski definition) is 13. The number of aliphatic hydroxyl groups is 1. The van der Waals surface area contributed by atoms with Crippen molar-refractivity contribution in [3.05, 3.63) is 76.9 Å².